The van der Waals surface area contributed by atoms with Crippen LogP contribution in [0.15, 0.2) is 18.2 Å². The highest BCUT2D eigenvalue weighted by molar-refractivity contribution is 5.73. The van der Waals surface area contributed by atoms with Crippen LogP contribution in [0.4, 0.5) is 13.6 Å². The van der Waals surface area contributed by atoms with Crippen LogP contribution in [-0.2, 0) is 0 Å². The number of benzene rings is 1. The SMILES string of the molecule is CCC1(CNC(=O)NCC(O)c2c(F)cccc2F)CC1. The van der Waals surface area contributed by atoms with Crippen LogP contribution >= 0.6 is 0 Å². The molecular formula is C15H20F2N2O2. The highest BCUT2D eigenvalue weighted by Crippen LogP contribution is 2.47. The predicted molar refractivity (Wildman–Crippen MR) is 74.7 cm³/mol. The molecule has 0 saturated heterocycles. The van der Waals surface area contributed by atoms with Gasteiger partial charge in [0.25, 0.3) is 0 Å². The second-order valence-corrected chi connectivity index (χ2v) is 5.57. The number of aliphatic hydroxyl groups is 1. The van der Waals surface area contributed by atoms with E-state index in [9.17, 15) is 18.7 Å². The molecule has 2 rings (SSSR count). The Labute approximate surface area is 122 Å². The van der Waals surface area contributed by atoms with Crippen molar-refractivity contribution in [3.05, 3.63) is 35.4 Å². The minimum absolute atomic E-state index is 0.216. The van der Waals surface area contributed by atoms with Gasteiger partial charge in [-0.05, 0) is 36.8 Å². The number of carbonyl (C=O) groups excluding carboxylic acids is 1. The summed E-state index contributed by atoms with van der Waals surface area (Å²) in [4.78, 5) is 11.6. The summed E-state index contributed by atoms with van der Waals surface area (Å²) in [5.41, 5.74) is -0.210. The van der Waals surface area contributed by atoms with E-state index in [0.29, 0.717) is 6.54 Å². The molecule has 0 bridgehead atoms. The van der Waals surface area contributed by atoms with Crippen molar-refractivity contribution in [2.24, 2.45) is 5.41 Å². The molecule has 1 saturated carbocycles. The molecule has 1 atom stereocenters. The van der Waals surface area contributed by atoms with Gasteiger partial charge in [0.1, 0.15) is 17.7 Å². The molecule has 0 radical (unpaired) electrons. The first-order valence-corrected chi connectivity index (χ1v) is 7.11. The van der Waals surface area contributed by atoms with Gasteiger partial charge in [0.2, 0.25) is 0 Å². The van der Waals surface area contributed by atoms with Crippen LogP contribution < -0.4 is 10.6 Å². The zero-order valence-electron chi connectivity index (χ0n) is 12.0. The van der Waals surface area contributed by atoms with Gasteiger partial charge in [-0.2, -0.15) is 0 Å². The maximum absolute atomic E-state index is 13.5. The van der Waals surface area contributed by atoms with Gasteiger partial charge in [-0.15, -0.1) is 0 Å². The molecule has 0 spiro atoms. The number of halogens is 2. The van der Waals surface area contributed by atoms with Crippen molar-refractivity contribution < 1.29 is 18.7 Å². The molecule has 1 aromatic carbocycles. The summed E-state index contributed by atoms with van der Waals surface area (Å²) >= 11 is 0. The molecule has 6 heteroatoms. The standard InChI is InChI=1S/C15H20F2N2O2/c1-2-15(6-7-15)9-19-14(21)18-8-12(20)13-10(16)4-3-5-11(13)17/h3-5,12,20H,2,6-9H2,1H3,(H2,18,19,21). The molecule has 0 aromatic heterocycles. The lowest BCUT2D eigenvalue weighted by atomic mass is 10.0. The summed E-state index contributed by atoms with van der Waals surface area (Å²) in [6.45, 7) is 2.42. The average Bonchev–Trinajstić information content (AvgIpc) is 3.23. The fourth-order valence-electron chi connectivity index (χ4n) is 2.28. The Morgan fingerprint density at radius 3 is 2.48 bits per heavy atom. The number of carbonyl (C=O) groups is 1. The molecule has 1 aliphatic carbocycles. The van der Waals surface area contributed by atoms with Gasteiger partial charge < -0.3 is 15.7 Å². The van der Waals surface area contributed by atoms with E-state index in [1.54, 1.807) is 0 Å². The Bertz CT molecular complexity index is 498. The summed E-state index contributed by atoms with van der Waals surface area (Å²) in [5.74, 6) is -1.65. The molecule has 1 unspecified atom stereocenters. The van der Waals surface area contributed by atoms with E-state index in [2.05, 4.69) is 17.6 Å². The molecule has 1 aliphatic rings. The van der Waals surface area contributed by atoms with Crippen LogP contribution in [0.25, 0.3) is 0 Å². The van der Waals surface area contributed by atoms with Crippen molar-refractivity contribution in [2.45, 2.75) is 32.3 Å². The molecule has 2 amide bonds. The Balaban J connectivity index is 1.81. The van der Waals surface area contributed by atoms with E-state index in [0.717, 1.165) is 31.4 Å². The van der Waals surface area contributed by atoms with E-state index < -0.39 is 29.3 Å². The predicted octanol–water partition coefficient (Wildman–Crippen LogP) is 2.49. The monoisotopic (exact) mass is 298 g/mol. The van der Waals surface area contributed by atoms with Crippen molar-refractivity contribution in [3.63, 3.8) is 0 Å². The number of aliphatic hydroxyl groups excluding tert-OH is 1. The van der Waals surface area contributed by atoms with Crippen molar-refractivity contribution in [3.8, 4) is 0 Å². The summed E-state index contributed by atoms with van der Waals surface area (Å²) in [7, 11) is 0. The molecule has 0 heterocycles. The zero-order valence-corrected chi connectivity index (χ0v) is 12.0. The molecule has 1 fully saturated rings. The van der Waals surface area contributed by atoms with Gasteiger partial charge in [0.15, 0.2) is 0 Å². The van der Waals surface area contributed by atoms with E-state index in [1.165, 1.54) is 6.07 Å². The van der Waals surface area contributed by atoms with Crippen LogP contribution in [0.2, 0.25) is 0 Å². The lowest BCUT2D eigenvalue weighted by Crippen LogP contribution is -2.40. The second-order valence-electron chi connectivity index (χ2n) is 5.57. The highest BCUT2D eigenvalue weighted by atomic mass is 19.1. The molecular weight excluding hydrogens is 278 g/mol. The number of hydrogen-bond acceptors (Lipinski definition) is 2. The first kappa shape index (κ1) is 15.7. The first-order valence-electron chi connectivity index (χ1n) is 7.11. The van der Waals surface area contributed by atoms with E-state index in [1.807, 2.05) is 0 Å². The third-order valence-electron chi connectivity index (χ3n) is 4.12. The van der Waals surface area contributed by atoms with E-state index >= 15 is 0 Å². The quantitative estimate of drug-likeness (QED) is 0.755. The number of rotatable bonds is 6. The molecule has 4 nitrogen and oxygen atoms in total. The first-order chi connectivity index (χ1) is 9.97. The molecule has 1 aromatic rings. The summed E-state index contributed by atoms with van der Waals surface area (Å²) < 4.78 is 26.9. The number of urea groups is 1. The fraction of sp³-hybridized carbons (Fsp3) is 0.533. The minimum Gasteiger partial charge on any atom is -0.386 e. The Morgan fingerprint density at radius 2 is 1.95 bits per heavy atom. The van der Waals surface area contributed by atoms with Crippen LogP contribution in [0.1, 0.15) is 37.9 Å². The smallest absolute Gasteiger partial charge is 0.314 e. The minimum atomic E-state index is -1.42. The van der Waals surface area contributed by atoms with Crippen LogP contribution in [0.5, 0.6) is 0 Å². The van der Waals surface area contributed by atoms with E-state index in [4.69, 9.17) is 0 Å². The van der Waals surface area contributed by atoms with Gasteiger partial charge in [-0.1, -0.05) is 13.0 Å². The normalized spacial score (nSPS) is 17.1. The van der Waals surface area contributed by atoms with Gasteiger partial charge >= 0.3 is 6.03 Å². The lowest BCUT2D eigenvalue weighted by Gasteiger charge is -2.16. The molecule has 116 valence electrons. The summed E-state index contributed by atoms with van der Waals surface area (Å²) in [6, 6.07) is 2.92. The van der Waals surface area contributed by atoms with Crippen molar-refractivity contribution in [2.75, 3.05) is 13.1 Å². The maximum atomic E-state index is 13.5. The number of nitrogens with one attached hydrogen (secondary N) is 2. The highest BCUT2D eigenvalue weighted by Gasteiger charge is 2.40. The third kappa shape index (κ3) is 3.91. The van der Waals surface area contributed by atoms with Crippen LogP contribution in [0, 0.1) is 17.0 Å². The van der Waals surface area contributed by atoms with Crippen LogP contribution in [0.3, 0.4) is 0 Å². The Kier molecular flexibility index (Phi) is 4.77. The zero-order chi connectivity index (χ0) is 15.5. The van der Waals surface area contributed by atoms with Crippen molar-refractivity contribution in [1.29, 1.82) is 0 Å². The summed E-state index contributed by atoms with van der Waals surface area (Å²) in [6.07, 6.45) is 1.80. The maximum Gasteiger partial charge on any atom is 0.314 e. The summed E-state index contributed by atoms with van der Waals surface area (Å²) in [5, 5.41) is 14.9. The molecule has 0 aliphatic heterocycles. The lowest BCUT2D eigenvalue weighted by molar-refractivity contribution is 0.164. The largest absolute Gasteiger partial charge is 0.386 e. The Morgan fingerprint density at radius 1 is 1.33 bits per heavy atom. The second kappa shape index (κ2) is 6.39. The Hall–Kier alpha value is -1.69. The van der Waals surface area contributed by atoms with Gasteiger partial charge in [0, 0.05) is 13.1 Å². The molecule has 3 N–H and O–H groups in total. The van der Waals surface area contributed by atoms with Gasteiger partial charge in [0.05, 0.1) is 5.56 Å². The van der Waals surface area contributed by atoms with Gasteiger partial charge in [-0.25, -0.2) is 13.6 Å². The molecule has 21 heavy (non-hydrogen) atoms. The fourth-order valence-corrected chi connectivity index (χ4v) is 2.28. The topological polar surface area (TPSA) is 61.4 Å². The van der Waals surface area contributed by atoms with Crippen molar-refractivity contribution in [1.82, 2.24) is 10.6 Å². The average molecular weight is 298 g/mol. The van der Waals surface area contributed by atoms with Crippen LogP contribution in [-0.4, -0.2) is 24.2 Å². The third-order valence-corrected chi connectivity index (χ3v) is 4.12. The van der Waals surface area contributed by atoms with E-state index in [-0.39, 0.29) is 12.0 Å². The number of hydrogen-bond donors (Lipinski definition) is 3. The number of amides is 2. The van der Waals surface area contributed by atoms with Gasteiger partial charge in [-0.3, -0.25) is 0 Å². The van der Waals surface area contributed by atoms with Crippen molar-refractivity contribution >= 4 is 6.03 Å².